The smallest absolute Gasteiger partial charge is 0.321 e. The van der Waals surface area contributed by atoms with Crippen molar-refractivity contribution < 1.29 is 4.79 Å². The Hall–Kier alpha value is -4.51. The van der Waals surface area contributed by atoms with Crippen LogP contribution in [0, 0.1) is 18.3 Å². The van der Waals surface area contributed by atoms with Gasteiger partial charge in [0.15, 0.2) is 5.82 Å². The molecule has 34 heavy (non-hydrogen) atoms. The van der Waals surface area contributed by atoms with E-state index in [1.807, 2.05) is 66.4 Å². The van der Waals surface area contributed by atoms with Crippen molar-refractivity contribution >= 4 is 28.6 Å². The molecule has 1 aliphatic rings. The van der Waals surface area contributed by atoms with Crippen molar-refractivity contribution in [1.82, 2.24) is 19.9 Å². The second kappa shape index (κ2) is 9.16. The van der Waals surface area contributed by atoms with Gasteiger partial charge >= 0.3 is 6.03 Å². The van der Waals surface area contributed by atoms with Gasteiger partial charge in [0.05, 0.1) is 22.8 Å². The standard InChI is InChI=1S/C26H23N7O/c1-18-5-4-7-20(15-18)30-26(34)33-13-11-32(12-14-33)25-24-23(28-17-29-25)10-9-22(31-24)21-8-3-2-6-19(21)16-27/h2-10,15,17H,11-14H2,1H3,(H,30,34). The van der Waals surface area contributed by atoms with E-state index in [1.165, 1.54) is 0 Å². The van der Waals surface area contributed by atoms with Gasteiger partial charge in [0.25, 0.3) is 0 Å². The molecule has 1 saturated heterocycles. The summed E-state index contributed by atoms with van der Waals surface area (Å²) in [6, 6.07) is 21.1. The molecule has 1 fully saturated rings. The molecule has 0 saturated carbocycles. The zero-order chi connectivity index (χ0) is 23.5. The molecular weight excluding hydrogens is 426 g/mol. The quantitative estimate of drug-likeness (QED) is 0.503. The third kappa shape index (κ3) is 4.24. The van der Waals surface area contributed by atoms with Crippen molar-refractivity contribution in [2.45, 2.75) is 6.92 Å². The topological polar surface area (TPSA) is 98.0 Å². The first kappa shape index (κ1) is 21.3. The molecular formula is C26H23N7O. The number of nitrogens with zero attached hydrogens (tertiary/aromatic N) is 6. The van der Waals surface area contributed by atoms with Gasteiger partial charge in [-0.3, -0.25) is 0 Å². The number of nitriles is 1. The summed E-state index contributed by atoms with van der Waals surface area (Å²) in [6.45, 7) is 4.40. The Morgan fingerprint density at radius 3 is 2.62 bits per heavy atom. The molecule has 8 heteroatoms. The van der Waals surface area contributed by atoms with Crippen LogP contribution in [0.1, 0.15) is 11.1 Å². The first-order valence-corrected chi connectivity index (χ1v) is 11.1. The monoisotopic (exact) mass is 449 g/mol. The van der Waals surface area contributed by atoms with Crippen LogP contribution in [0.2, 0.25) is 0 Å². The number of fused-ring (bicyclic) bond motifs is 1. The highest BCUT2D eigenvalue weighted by atomic mass is 16.2. The maximum absolute atomic E-state index is 12.7. The molecule has 0 aliphatic carbocycles. The average Bonchev–Trinajstić information content (AvgIpc) is 2.88. The summed E-state index contributed by atoms with van der Waals surface area (Å²) in [4.78, 5) is 30.4. The number of benzene rings is 2. The number of nitrogens with one attached hydrogen (secondary N) is 1. The molecule has 2 aromatic heterocycles. The molecule has 4 aromatic rings. The van der Waals surface area contributed by atoms with Crippen LogP contribution in [-0.4, -0.2) is 52.1 Å². The summed E-state index contributed by atoms with van der Waals surface area (Å²) in [5.74, 6) is 0.736. The molecule has 0 bridgehead atoms. The van der Waals surface area contributed by atoms with E-state index < -0.39 is 0 Å². The fourth-order valence-corrected chi connectivity index (χ4v) is 4.16. The van der Waals surface area contributed by atoms with E-state index in [0.29, 0.717) is 43.0 Å². The lowest BCUT2D eigenvalue weighted by Crippen LogP contribution is -2.50. The van der Waals surface area contributed by atoms with Crippen LogP contribution >= 0.6 is 0 Å². The fraction of sp³-hybridized carbons (Fsp3) is 0.192. The molecule has 2 amide bonds. The maximum atomic E-state index is 12.7. The molecule has 1 N–H and O–H groups in total. The second-order valence-corrected chi connectivity index (χ2v) is 8.19. The number of amides is 2. The van der Waals surface area contributed by atoms with Crippen molar-refractivity contribution in [3.8, 4) is 17.3 Å². The number of aromatic nitrogens is 3. The minimum absolute atomic E-state index is 0.105. The Bertz CT molecular complexity index is 1400. The Balaban J connectivity index is 1.36. The van der Waals surface area contributed by atoms with Crippen LogP contribution in [0.15, 0.2) is 67.0 Å². The number of carbonyl (C=O) groups is 1. The molecule has 168 valence electrons. The largest absolute Gasteiger partial charge is 0.351 e. The van der Waals surface area contributed by atoms with E-state index in [0.717, 1.165) is 28.1 Å². The minimum Gasteiger partial charge on any atom is -0.351 e. The third-order valence-electron chi connectivity index (χ3n) is 5.92. The van der Waals surface area contributed by atoms with Gasteiger partial charge in [-0.25, -0.2) is 19.7 Å². The average molecular weight is 450 g/mol. The van der Waals surface area contributed by atoms with Crippen molar-refractivity contribution in [3.05, 3.63) is 78.1 Å². The van der Waals surface area contributed by atoms with Crippen LogP contribution < -0.4 is 10.2 Å². The van der Waals surface area contributed by atoms with Gasteiger partial charge in [0.1, 0.15) is 11.8 Å². The Kier molecular flexibility index (Phi) is 5.75. The Morgan fingerprint density at radius 1 is 1.00 bits per heavy atom. The second-order valence-electron chi connectivity index (χ2n) is 8.19. The van der Waals surface area contributed by atoms with Gasteiger partial charge in [0.2, 0.25) is 0 Å². The zero-order valence-corrected chi connectivity index (χ0v) is 18.8. The summed E-state index contributed by atoms with van der Waals surface area (Å²) in [7, 11) is 0. The lowest BCUT2D eigenvalue weighted by atomic mass is 10.0. The van der Waals surface area contributed by atoms with Gasteiger partial charge in [-0.05, 0) is 42.8 Å². The molecule has 0 spiro atoms. The highest BCUT2D eigenvalue weighted by Gasteiger charge is 2.24. The molecule has 0 atom stereocenters. The maximum Gasteiger partial charge on any atom is 0.321 e. The highest BCUT2D eigenvalue weighted by molar-refractivity contribution is 5.90. The first-order chi connectivity index (χ1) is 16.6. The summed E-state index contributed by atoms with van der Waals surface area (Å²) < 4.78 is 0. The van der Waals surface area contributed by atoms with Gasteiger partial charge in [0, 0.05) is 37.4 Å². The lowest BCUT2D eigenvalue weighted by molar-refractivity contribution is 0.208. The number of hydrogen-bond donors (Lipinski definition) is 1. The van der Waals surface area contributed by atoms with Crippen molar-refractivity contribution in [3.63, 3.8) is 0 Å². The van der Waals surface area contributed by atoms with Crippen LogP contribution in [0.3, 0.4) is 0 Å². The predicted octanol–water partition coefficient (Wildman–Crippen LogP) is 4.23. The fourth-order valence-electron chi connectivity index (χ4n) is 4.16. The Morgan fingerprint density at radius 2 is 1.82 bits per heavy atom. The number of aryl methyl sites for hydroxylation is 1. The highest BCUT2D eigenvalue weighted by Crippen LogP contribution is 2.27. The number of rotatable bonds is 3. The predicted molar refractivity (Wildman–Crippen MR) is 131 cm³/mol. The number of hydrogen-bond acceptors (Lipinski definition) is 6. The van der Waals surface area contributed by atoms with Gasteiger partial charge in [-0.2, -0.15) is 5.26 Å². The number of urea groups is 1. The van der Waals surface area contributed by atoms with Crippen LogP contribution in [0.4, 0.5) is 16.3 Å². The summed E-state index contributed by atoms with van der Waals surface area (Å²) in [6.07, 6.45) is 1.54. The first-order valence-electron chi connectivity index (χ1n) is 11.1. The van der Waals surface area contributed by atoms with Crippen molar-refractivity contribution in [1.29, 1.82) is 5.26 Å². The SMILES string of the molecule is Cc1cccc(NC(=O)N2CCN(c3ncnc4ccc(-c5ccccc5C#N)nc34)CC2)c1. The number of carbonyl (C=O) groups excluding carboxylic acids is 1. The van der Waals surface area contributed by atoms with E-state index in [9.17, 15) is 10.1 Å². The summed E-state index contributed by atoms with van der Waals surface area (Å²) >= 11 is 0. The van der Waals surface area contributed by atoms with E-state index in [1.54, 1.807) is 12.4 Å². The van der Waals surface area contributed by atoms with E-state index in [2.05, 4.69) is 26.3 Å². The minimum atomic E-state index is -0.105. The van der Waals surface area contributed by atoms with E-state index in [4.69, 9.17) is 4.98 Å². The van der Waals surface area contributed by atoms with Crippen LogP contribution in [-0.2, 0) is 0 Å². The van der Waals surface area contributed by atoms with Crippen LogP contribution in [0.25, 0.3) is 22.3 Å². The molecule has 3 heterocycles. The molecule has 0 unspecified atom stereocenters. The number of piperazine rings is 1. The van der Waals surface area contributed by atoms with Crippen LogP contribution in [0.5, 0.6) is 0 Å². The molecule has 1 aliphatic heterocycles. The lowest BCUT2D eigenvalue weighted by Gasteiger charge is -2.35. The van der Waals surface area contributed by atoms with Crippen molar-refractivity contribution in [2.24, 2.45) is 0 Å². The zero-order valence-electron chi connectivity index (χ0n) is 18.8. The van der Waals surface area contributed by atoms with E-state index >= 15 is 0 Å². The molecule has 2 aromatic carbocycles. The summed E-state index contributed by atoms with van der Waals surface area (Å²) in [5, 5.41) is 12.5. The van der Waals surface area contributed by atoms with E-state index in [-0.39, 0.29) is 6.03 Å². The van der Waals surface area contributed by atoms with Gasteiger partial charge < -0.3 is 15.1 Å². The van der Waals surface area contributed by atoms with Crippen molar-refractivity contribution in [2.75, 3.05) is 36.4 Å². The Labute approximate surface area is 197 Å². The molecule has 0 radical (unpaired) electrons. The molecule has 8 nitrogen and oxygen atoms in total. The summed E-state index contributed by atoms with van der Waals surface area (Å²) in [5.41, 5.74) is 5.37. The van der Waals surface area contributed by atoms with Gasteiger partial charge in [-0.1, -0.05) is 30.3 Å². The third-order valence-corrected chi connectivity index (χ3v) is 5.92. The van der Waals surface area contributed by atoms with Gasteiger partial charge in [-0.15, -0.1) is 0 Å². The number of pyridine rings is 1. The molecule has 5 rings (SSSR count). The number of anilines is 2. The normalized spacial score (nSPS) is 13.5.